The zero-order valence-corrected chi connectivity index (χ0v) is 22.0. The van der Waals surface area contributed by atoms with Gasteiger partial charge in [0.15, 0.2) is 5.78 Å². The van der Waals surface area contributed by atoms with Crippen LogP contribution in [0.5, 0.6) is 0 Å². The largest absolute Gasteiger partial charge is 0.384 e. The molecule has 0 bridgehead atoms. The van der Waals surface area contributed by atoms with Gasteiger partial charge in [-0.2, -0.15) is 0 Å². The second-order valence-corrected chi connectivity index (χ2v) is 9.90. The monoisotopic (exact) mass is 482 g/mol. The van der Waals surface area contributed by atoms with Crippen molar-refractivity contribution in [2.75, 3.05) is 63.6 Å². The molecule has 0 aliphatic carbocycles. The predicted molar refractivity (Wildman–Crippen MR) is 153 cm³/mol. The highest BCUT2D eigenvalue weighted by atomic mass is 16.1. The molecule has 0 radical (unpaired) electrons. The lowest BCUT2D eigenvalue weighted by Crippen LogP contribution is -2.44. The number of allylic oxidation sites excluding steroid dienone is 1. The van der Waals surface area contributed by atoms with E-state index in [4.69, 9.17) is 0 Å². The zero-order valence-electron chi connectivity index (χ0n) is 22.0. The Hall–Kier alpha value is -3.41. The molecule has 0 amide bonds. The first kappa shape index (κ1) is 25.7. The highest BCUT2D eigenvalue weighted by Crippen LogP contribution is 2.30. The number of anilines is 2. The third kappa shape index (κ3) is 6.84. The molecule has 1 aliphatic rings. The molecular formula is C31H38N4O. The Morgan fingerprint density at radius 2 is 1.72 bits per heavy atom. The van der Waals surface area contributed by atoms with Gasteiger partial charge in [-0.25, -0.2) is 0 Å². The van der Waals surface area contributed by atoms with E-state index in [1.165, 1.54) is 11.1 Å². The molecule has 1 heterocycles. The summed E-state index contributed by atoms with van der Waals surface area (Å²) >= 11 is 0. The molecule has 0 unspecified atom stereocenters. The maximum absolute atomic E-state index is 13.6. The number of hydrogen-bond donors (Lipinski definition) is 2. The summed E-state index contributed by atoms with van der Waals surface area (Å²) < 4.78 is 0. The number of hydrogen-bond acceptors (Lipinski definition) is 5. The Bertz CT molecular complexity index is 1200. The van der Waals surface area contributed by atoms with E-state index in [0.717, 1.165) is 72.9 Å². The summed E-state index contributed by atoms with van der Waals surface area (Å²) in [6.45, 7) is 9.71. The van der Waals surface area contributed by atoms with Crippen molar-refractivity contribution in [1.29, 1.82) is 0 Å². The van der Waals surface area contributed by atoms with Crippen LogP contribution in [0, 0.1) is 13.8 Å². The lowest BCUT2D eigenvalue weighted by atomic mass is 9.96. The topological polar surface area (TPSA) is 47.6 Å². The maximum Gasteiger partial charge on any atom is 0.187 e. The molecule has 5 heteroatoms. The van der Waals surface area contributed by atoms with Crippen molar-refractivity contribution in [2.24, 2.45) is 0 Å². The molecule has 1 fully saturated rings. The third-order valence-corrected chi connectivity index (χ3v) is 6.48. The van der Waals surface area contributed by atoms with Crippen LogP contribution in [-0.4, -0.2) is 64.0 Å². The van der Waals surface area contributed by atoms with Crippen molar-refractivity contribution in [3.05, 3.63) is 89.0 Å². The van der Waals surface area contributed by atoms with Gasteiger partial charge in [-0.1, -0.05) is 53.6 Å². The fourth-order valence-electron chi connectivity index (χ4n) is 4.67. The highest BCUT2D eigenvalue weighted by molar-refractivity contribution is 6.11. The van der Waals surface area contributed by atoms with Gasteiger partial charge in [0, 0.05) is 56.2 Å². The van der Waals surface area contributed by atoms with Crippen LogP contribution in [0.15, 0.2) is 66.7 Å². The van der Waals surface area contributed by atoms with E-state index in [-0.39, 0.29) is 5.78 Å². The first-order valence-electron chi connectivity index (χ1n) is 12.8. The number of rotatable bonds is 9. The first-order chi connectivity index (χ1) is 17.4. The molecule has 188 valence electrons. The van der Waals surface area contributed by atoms with Gasteiger partial charge in [0.1, 0.15) is 0 Å². The van der Waals surface area contributed by atoms with Crippen molar-refractivity contribution in [3.63, 3.8) is 0 Å². The van der Waals surface area contributed by atoms with Crippen molar-refractivity contribution in [3.8, 4) is 11.1 Å². The Morgan fingerprint density at radius 1 is 0.972 bits per heavy atom. The molecule has 3 aromatic rings. The van der Waals surface area contributed by atoms with Crippen LogP contribution in [0.4, 0.5) is 11.4 Å². The number of carbonyl (C=O) groups excluding carboxylic acids is 1. The second-order valence-electron chi connectivity index (χ2n) is 9.90. The smallest absolute Gasteiger partial charge is 0.187 e. The van der Waals surface area contributed by atoms with Gasteiger partial charge in [0.25, 0.3) is 0 Å². The van der Waals surface area contributed by atoms with Crippen LogP contribution in [0.25, 0.3) is 17.2 Å². The van der Waals surface area contributed by atoms with Crippen molar-refractivity contribution >= 4 is 23.2 Å². The molecule has 36 heavy (non-hydrogen) atoms. The van der Waals surface area contributed by atoms with Gasteiger partial charge in [0.2, 0.25) is 0 Å². The molecule has 2 N–H and O–H groups in total. The first-order valence-corrected chi connectivity index (χ1v) is 12.8. The number of piperazine rings is 1. The minimum atomic E-state index is 0.0285. The van der Waals surface area contributed by atoms with Gasteiger partial charge in [0.05, 0.1) is 0 Å². The minimum Gasteiger partial charge on any atom is -0.384 e. The lowest BCUT2D eigenvalue weighted by Gasteiger charge is -2.31. The van der Waals surface area contributed by atoms with Crippen molar-refractivity contribution in [1.82, 2.24) is 10.2 Å². The molecule has 5 nitrogen and oxygen atoms in total. The number of nitrogens with one attached hydrogen (secondary N) is 2. The van der Waals surface area contributed by atoms with E-state index in [2.05, 4.69) is 96.9 Å². The fourth-order valence-corrected chi connectivity index (χ4v) is 4.67. The molecule has 0 aromatic heterocycles. The number of carbonyl (C=O) groups is 1. The van der Waals surface area contributed by atoms with E-state index in [1.807, 2.05) is 18.2 Å². The molecule has 0 spiro atoms. The van der Waals surface area contributed by atoms with E-state index < -0.39 is 0 Å². The summed E-state index contributed by atoms with van der Waals surface area (Å²) in [5.74, 6) is 0.0285. The average Bonchev–Trinajstić information content (AvgIpc) is 2.87. The van der Waals surface area contributed by atoms with Crippen LogP contribution in [-0.2, 0) is 0 Å². The molecule has 4 rings (SSSR count). The molecule has 1 aliphatic heterocycles. The summed E-state index contributed by atoms with van der Waals surface area (Å²) in [6.07, 6.45) is 3.63. The summed E-state index contributed by atoms with van der Waals surface area (Å²) in [5.41, 5.74) is 8.50. The molecule has 0 atom stereocenters. The standard InChI is InChI=1S/C31H38N4O/c1-23-18-24(2)20-27(19-23)26-9-10-30(35-16-12-32-13-17-35)29(22-26)31(36)11-8-25-6-5-7-28(21-25)33-14-15-34(3)4/h5-11,18-22,32-33H,12-17H2,1-4H3. The van der Waals surface area contributed by atoms with Crippen molar-refractivity contribution < 1.29 is 4.79 Å². The normalized spacial score (nSPS) is 14.0. The van der Waals surface area contributed by atoms with E-state index >= 15 is 0 Å². The zero-order chi connectivity index (χ0) is 25.5. The number of aryl methyl sites for hydroxylation is 2. The number of ketones is 1. The molecule has 0 saturated carbocycles. The number of benzene rings is 3. The van der Waals surface area contributed by atoms with Crippen LogP contribution in [0.2, 0.25) is 0 Å². The Labute approximate surface area is 215 Å². The van der Waals surface area contributed by atoms with Gasteiger partial charge in [-0.05, 0) is 75.0 Å². The van der Waals surface area contributed by atoms with Crippen LogP contribution in [0.3, 0.4) is 0 Å². The minimum absolute atomic E-state index is 0.0285. The summed E-state index contributed by atoms with van der Waals surface area (Å²) in [5, 5.41) is 6.86. The third-order valence-electron chi connectivity index (χ3n) is 6.48. The van der Waals surface area contributed by atoms with Crippen LogP contribution < -0.4 is 15.5 Å². The summed E-state index contributed by atoms with van der Waals surface area (Å²) in [6, 6.07) is 21.1. The summed E-state index contributed by atoms with van der Waals surface area (Å²) in [7, 11) is 4.13. The Morgan fingerprint density at radius 3 is 2.44 bits per heavy atom. The van der Waals surface area contributed by atoms with Gasteiger partial charge in [-0.3, -0.25) is 4.79 Å². The Balaban J connectivity index is 1.61. The summed E-state index contributed by atoms with van der Waals surface area (Å²) in [4.78, 5) is 18.0. The quantitative estimate of drug-likeness (QED) is 0.322. The second kappa shape index (κ2) is 12.0. The lowest BCUT2D eigenvalue weighted by molar-refractivity contribution is 0.104. The predicted octanol–water partition coefficient (Wildman–Crippen LogP) is 5.25. The maximum atomic E-state index is 13.6. The fraction of sp³-hybridized carbons (Fsp3) is 0.323. The highest BCUT2D eigenvalue weighted by Gasteiger charge is 2.18. The van der Waals surface area contributed by atoms with E-state index in [1.54, 1.807) is 6.08 Å². The van der Waals surface area contributed by atoms with Gasteiger partial charge >= 0.3 is 0 Å². The molecular weight excluding hydrogens is 444 g/mol. The molecule has 3 aromatic carbocycles. The van der Waals surface area contributed by atoms with Gasteiger partial charge < -0.3 is 20.4 Å². The van der Waals surface area contributed by atoms with E-state index in [0.29, 0.717) is 0 Å². The van der Waals surface area contributed by atoms with E-state index in [9.17, 15) is 4.79 Å². The number of likely N-dealkylation sites (N-methyl/N-ethyl adjacent to an activating group) is 1. The van der Waals surface area contributed by atoms with Crippen molar-refractivity contribution in [2.45, 2.75) is 13.8 Å². The van der Waals surface area contributed by atoms with Gasteiger partial charge in [-0.15, -0.1) is 0 Å². The molecule has 1 saturated heterocycles. The Kier molecular flexibility index (Phi) is 8.57. The van der Waals surface area contributed by atoms with Crippen LogP contribution in [0.1, 0.15) is 27.0 Å². The number of nitrogens with zero attached hydrogens (tertiary/aromatic N) is 2. The average molecular weight is 483 g/mol. The van der Waals surface area contributed by atoms with Crippen LogP contribution >= 0.6 is 0 Å². The SMILES string of the molecule is Cc1cc(C)cc(-c2ccc(N3CCNCC3)c(C(=O)C=Cc3cccc(NCCN(C)C)c3)c2)c1.